The van der Waals surface area contributed by atoms with Crippen LogP contribution < -0.4 is 15.5 Å². The normalized spacial score (nSPS) is 14.8. The first kappa shape index (κ1) is 22.6. The number of hydrogen-bond donors (Lipinski definition) is 2. The van der Waals surface area contributed by atoms with Crippen LogP contribution in [-0.4, -0.2) is 87.4 Å². The van der Waals surface area contributed by atoms with Gasteiger partial charge in [-0.1, -0.05) is 0 Å². The molecule has 0 saturated carbocycles. The molecule has 1 aromatic heterocycles. The molecule has 0 spiro atoms. The van der Waals surface area contributed by atoms with Crippen molar-refractivity contribution >= 4 is 23.7 Å². The lowest BCUT2D eigenvalue weighted by Crippen LogP contribution is -2.45. The molecule has 10 heteroatoms. The molecule has 1 fully saturated rings. The molecule has 3 amide bonds. The number of carbonyl (C=O) groups excluding carboxylic acids is 3. The summed E-state index contributed by atoms with van der Waals surface area (Å²) in [5, 5.41) is 4.87. The van der Waals surface area contributed by atoms with Gasteiger partial charge >= 0.3 is 12.0 Å². The van der Waals surface area contributed by atoms with Gasteiger partial charge in [-0.05, 0) is 25.5 Å². The summed E-state index contributed by atoms with van der Waals surface area (Å²) < 4.78 is 9.81. The highest BCUT2D eigenvalue weighted by Gasteiger charge is 2.19. The van der Waals surface area contributed by atoms with E-state index < -0.39 is 6.03 Å². The predicted octanol–water partition coefficient (Wildman–Crippen LogP) is 0.243. The second-order valence-electron chi connectivity index (χ2n) is 6.54. The van der Waals surface area contributed by atoms with Crippen molar-refractivity contribution in [3.63, 3.8) is 0 Å². The zero-order chi connectivity index (χ0) is 21.1. The van der Waals surface area contributed by atoms with E-state index in [0.29, 0.717) is 38.4 Å². The summed E-state index contributed by atoms with van der Waals surface area (Å²) in [5.74, 6) is 0.0537. The number of carbonyl (C=O) groups is 3. The fourth-order valence-corrected chi connectivity index (χ4v) is 2.95. The smallest absolute Gasteiger partial charge is 0.339 e. The molecule has 0 aromatic carbocycles. The SMILES string of the molecule is CCOC(=O)c1ccc(N2CCCN(CC(=O)NC(=O)NCCOC)CC2)nc1. The Morgan fingerprint density at radius 2 is 2.00 bits per heavy atom. The number of aromatic nitrogens is 1. The number of imide groups is 1. The average molecular weight is 407 g/mol. The van der Waals surface area contributed by atoms with Gasteiger partial charge in [0.2, 0.25) is 5.91 Å². The fourth-order valence-electron chi connectivity index (χ4n) is 2.95. The minimum absolute atomic E-state index is 0.154. The van der Waals surface area contributed by atoms with E-state index in [1.165, 1.54) is 13.3 Å². The van der Waals surface area contributed by atoms with Gasteiger partial charge in [0.25, 0.3) is 0 Å². The Morgan fingerprint density at radius 1 is 1.17 bits per heavy atom. The molecule has 2 N–H and O–H groups in total. The Bertz CT molecular complexity index is 682. The van der Waals surface area contributed by atoms with Gasteiger partial charge in [-0.3, -0.25) is 15.0 Å². The number of ether oxygens (including phenoxy) is 2. The molecule has 1 aliphatic heterocycles. The van der Waals surface area contributed by atoms with Crippen LogP contribution in [0.15, 0.2) is 18.3 Å². The maximum atomic E-state index is 12.1. The number of esters is 1. The molecule has 2 rings (SSSR count). The summed E-state index contributed by atoms with van der Waals surface area (Å²) in [5.41, 5.74) is 0.424. The van der Waals surface area contributed by atoms with Crippen molar-refractivity contribution in [2.24, 2.45) is 0 Å². The Labute approximate surface area is 170 Å². The number of nitrogens with one attached hydrogen (secondary N) is 2. The van der Waals surface area contributed by atoms with Gasteiger partial charge in [-0.2, -0.15) is 0 Å². The number of pyridine rings is 1. The van der Waals surface area contributed by atoms with Crippen LogP contribution in [0.4, 0.5) is 10.6 Å². The Hall–Kier alpha value is -2.72. The molecule has 0 radical (unpaired) electrons. The summed E-state index contributed by atoms with van der Waals surface area (Å²) in [4.78, 5) is 43.9. The Kier molecular flexibility index (Phi) is 9.32. The van der Waals surface area contributed by atoms with Crippen molar-refractivity contribution in [3.05, 3.63) is 23.9 Å². The van der Waals surface area contributed by atoms with E-state index in [9.17, 15) is 14.4 Å². The fraction of sp³-hybridized carbons (Fsp3) is 0.579. The number of methoxy groups -OCH3 is 1. The molecular formula is C19H29N5O5. The van der Waals surface area contributed by atoms with Crippen LogP contribution in [0.1, 0.15) is 23.7 Å². The molecule has 0 unspecified atom stereocenters. The number of amides is 3. The molecule has 0 bridgehead atoms. The van der Waals surface area contributed by atoms with Crippen molar-refractivity contribution in [2.75, 3.05) is 64.5 Å². The summed E-state index contributed by atoms with van der Waals surface area (Å²) in [6.07, 6.45) is 2.38. The Morgan fingerprint density at radius 3 is 2.69 bits per heavy atom. The van der Waals surface area contributed by atoms with Gasteiger partial charge in [0, 0.05) is 46.0 Å². The van der Waals surface area contributed by atoms with E-state index in [1.807, 2.05) is 4.90 Å². The number of anilines is 1. The largest absolute Gasteiger partial charge is 0.462 e. The van der Waals surface area contributed by atoms with E-state index in [-0.39, 0.29) is 18.4 Å². The third-order valence-electron chi connectivity index (χ3n) is 4.38. The van der Waals surface area contributed by atoms with E-state index in [4.69, 9.17) is 9.47 Å². The average Bonchev–Trinajstić information content (AvgIpc) is 2.94. The number of hydrogen-bond acceptors (Lipinski definition) is 8. The maximum absolute atomic E-state index is 12.1. The topological polar surface area (TPSA) is 113 Å². The number of rotatable bonds is 8. The molecule has 1 saturated heterocycles. The molecule has 0 aliphatic carbocycles. The third kappa shape index (κ3) is 7.66. The van der Waals surface area contributed by atoms with Crippen molar-refractivity contribution in [2.45, 2.75) is 13.3 Å². The van der Waals surface area contributed by atoms with Crippen molar-refractivity contribution < 1.29 is 23.9 Å². The molecule has 29 heavy (non-hydrogen) atoms. The van der Waals surface area contributed by atoms with Gasteiger partial charge in [-0.25, -0.2) is 14.6 Å². The van der Waals surface area contributed by atoms with E-state index in [2.05, 4.69) is 20.5 Å². The molecule has 1 aromatic rings. The quantitative estimate of drug-likeness (QED) is 0.466. The van der Waals surface area contributed by atoms with Gasteiger partial charge < -0.3 is 19.7 Å². The lowest BCUT2D eigenvalue weighted by molar-refractivity contribution is -0.121. The number of nitrogens with zero attached hydrogens (tertiary/aromatic N) is 3. The Balaban J connectivity index is 1.80. The van der Waals surface area contributed by atoms with Crippen molar-refractivity contribution in [3.8, 4) is 0 Å². The highest BCUT2D eigenvalue weighted by Crippen LogP contribution is 2.15. The number of urea groups is 1. The summed E-state index contributed by atoms with van der Waals surface area (Å²) in [6.45, 7) is 5.87. The molecular weight excluding hydrogens is 378 g/mol. The van der Waals surface area contributed by atoms with E-state index >= 15 is 0 Å². The monoisotopic (exact) mass is 407 g/mol. The van der Waals surface area contributed by atoms with Crippen LogP contribution in [0.25, 0.3) is 0 Å². The second-order valence-corrected chi connectivity index (χ2v) is 6.54. The van der Waals surface area contributed by atoms with Crippen LogP contribution in [0, 0.1) is 0 Å². The second kappa shape index (κ2) is 12.0. The van der Waals surface area contributed by atoms with Gasteiger partial charge in [0.05, 0.1) is 25.3 Å². The third-order valence-corrected chi connectivity index (χ3v) is 4.38. The molecule has 1 aliphatic rings. The van der Waals surface area contributed by atoms with Crippen LogP contribution in [0.5, 0.6) is 0 Å². The van der Waals surface area contributed by atoms with Gasteiger partial charge in [0.15, 0.2) is 0 Å². The van der Waals surface area contributed by atoms with Crippen LogP contribution in [-0.2, 0) is 14.3 Å². The van der Waals surface area contributed by atoms with Gasteiger partial charge in [0.1, 0.15) is 5.82 Å². The van der Waals surface area contributed by atoms with Gasteiger partial charge in [-0.15, -0.1) is 0 Å². The van der Waals surface area contributed by atoms with Crippen LogP contribution in [0.2, 0.25) is 0 Å². The molecule has 0 atom stereocenters. The summed E-state index contributed by atoms with van der Waals surface area (Å²) >= 11 is 0. The zero-order valence-electron chi connectivity index (χ0n) is 17.0. The van der Waals surface area contributed by atoms with Crippen LogP contribution >= 0.6 is 0 Å². The highest BCUT2D eigenvalue weighted by atomic mass is 16.5. The highest BCUT2D eigenvalue weighted by molar-refractivity contribution is 5.95. The standard InChI is InChI=1S/C19H29N5O5/c1-3-29-18(26)15-5-6-16(21-13-15)24-9-4-8-23(10-11-24)14-17(25)22-19(27)20-7-12-28-2/h5-6,13H,3-4,7-12,14H2,1-2H3,(H2,20,22,25,27). The van der Waals surface area contributed by atoms with Crippen molar-refractivity contribution in [1.82, 2.24) is 20.5 Å². The molecule has 10 nitrogen and oxygen atoms in total. The lowest BCUT2D eigenvalue weighted by Gasteiger charge is -2.22. The maximum Gasteiger partial charge on any atom is 0.339 e. The predicted molar refractivity (Wildman–Crippen MR) is 107 cm³/mol. The molecule has 160 valence electrons. The van der Waals surface area contributed by atoms with Crippen molar-refractivity contribution in [1.29, 1.82) is 0 Å². The summed E-state index contributed by atoms with van der Waals surface area (Å²) in [6, 6.07) is 2.99. The lowest BCUT2D eigenvalue weighted by atomic mass is 10.2. The van der Waals surface area contributed by atoms with E-state index in [1.54, 1.807) is 19.1 Å². The first-order valence-electron chi connectivity index (χ1n) is 9.70. The zero-order valence-corrected chi connectivity index (χ0v) is 17.0. The van der Waals surface area contributed by atoms with E-state index in [0.717, 1.165) is 25.3 Å². The first-order chi connectivity index (χ1) is 14.0. The molecule has 2 heterocycles. The first-order valence-corrected chi connectivity index (χ1v) is 9.70. The minimum atomic E-state index is -0.519. The van der Waals surface area contributed by atoms with Crippen LogP contribution in [0.3, 0.4) is 0 Å². The minimum Gasteiger partial charge on any atom is -0.462 e. The summed E-state index contributed by atoms with van der Waals surface area (Å²) in [7, 11) is 1.54.